The van der Waals surface area contributed by atoms with Crippen LogP contribution in [0, 0.1) is 0 Å². The van der Waals surface area contributed by atoms with E-state index in [9.17, 15) is 4.79 Å². The molecule has 2 aromatic rings. The van der Waals surface area contributed by atoms with Crippen molar-refractivity contribution in [3.63, 3.8) is 0 Å². The molecule has 0 aliphatic rings. The van der Waals surface area contributed by atoms with Crippen LogP contribution in [0.5, 0.6) is 0 Å². The summed E-state index contributed by atoms with van der Waals surface area (Å²) >= 11 is 0. The summed E-state index contributed by atoms with van der Waals surface area (Å²) in [5.41, 5.74) is 6.28. The summed E-state index contributed by atoms with van der Waals surface area (Å²) in [4.78, 5) is 32.1. The molecule has 0 bridgehead atoms. The lowest BCUT2D eigenvalue weighted by Crippen LogP contribution is -2.31. The van der Waals surface area contributed by atoms with Gasteiger partial charge in [-0.3, -0.25) is 0 Å². The third-order valence-electron chi connectivity index (χ3n) is 3.19. The molecule has 0 saturated heterocycles. The highest BCUT2D eigenvalue weighted by atomic mass is 16.2. The van der Waals surface area contributed by atoms with Crippen LogP contribution >= 0.6 is 0 Å². The molecule has 10 nitrogen and oxygen atoms in total. The standard InChI is InChI=1S/C15H23N9O/c1-23(2)12-6-5-10(9-18-12)19-15(25)17-8-7-11-20-13(16)22-14(21-11)24(3)4/h5-6,9H,7-8H2,1-4H3,(H2,17,19,25)(H2,16,20,21,22). The number of pyridine rings is 1. The third-order valence-corrected chi connectivity index (χ3v) is 3.19. The molecule has 0 spiro atoms. The fourth-order valence-corrected chi connectivity index (χ4v) is 1.92. The first-order chi connectivity index (χ1) is 11.8. The van der Waals surface area contributed by atoms with Crippen LogP contribution in [0.1, 0.15) is 5.82 Å². The lowest BCUT2D eigenvalue weighted by atomic mass is 10.4. The van der Waals surface area contributed by atoms with Crippen molar-refractivity contribution < 1.29 is 4.79 Å². The van der Waals surface area contributed by atoms with Crippen molar-refractivity contribution in [3.8, 4) is 0 Å². The largest absolute Gasteiger partial charge is 0.368 e. The second kappa shape index (κ2) is 8.08. The van der Waals surface area contributed by atoms with Gasteiger partial charge in [-0.15, -0.1) is 0 Å². The molecule has 0 radical (unpaired) electrons. The molecule has 0 atom stereocenters. The molecule has 2 aromatic heterocycles. The highest BCUT2D eigenvalue weighted by Gasteiger charge is 2.07. The monoisotopic (exact) mass is 345 g/mol. The number of hydrogen-bond donors (Lipinski definition) is 3. The Bertz CT molecular complexity index is 715. The first-order valence-electron chi connectivity index (χ1n) is 7.71. The highest BCUT2D eigenvalue weighted by Crippen LogP contribution is 2.11. The summed E-state index contributed by atoms with van der Waals surface area (Å²) in [7, 11) is 7.44. The number of hydrogen-bond acceptors (Lipinski definition) is 8. The Morgan fingerprint density at radius 1 is 1.12 bits per heavy atom. The van der Waals surface area contributed by atoms with Crippen molar-refractivity contribution in [2.75, 3.05) is 55.6 Å². The molecule has 2 amide bonds. The second-order valence-corrected chi connectivity index (χ2v) is 5.73. The number of amides is 2. The van der Waals surface area contributed by atoms with E-state index in [2.05, 4.69) is 30.6 Å². The smallest absolute Gasteiger partial charge is 0.319 e. The SMILES string of the molecule is CN(C)c1ccc(NC(=O)NCCc2nc(N)nc(N(C)C)n2)cn1. The molecular weight excluding hydrogens is 322 g/mol. The number of nitrogens with zero attached hydrogens (tertiary/aromatic N) is 6. The zero-order valence-corrected chi connectivity index (χ0v) is 14.8. The number of carbonyl (C=O) groups excluding carboxylic acids is 1. The molecule has 0 aromatic carbocycles. The van der Waals surface area contributed by atoms with Crippen LogP contribution in [0.2, 0.25) is 0 Å². The topological polar surface area (TPSA) is 125 Å². The van der Waals surface area contributed by atoms with E-state index in [1.165, 1.54) is 0 Å². The lowest BCUT2D eigenvalue weighted by molar-refractivity contribution is 0.252. The normalized spacial score (nSPS) is 10.2. The average molecular weight is 345 g/mol. The van der Waals surface area contributed by atoms with Crippen LogP contribution in [0.15, 0.2) is 18.3 Å². The molecular formula is C15H23N9O. The molecule has 0 saturated carbocycles. The van der Waals surface area contributed by atoms with Gasteiger partial charge >= 0.3 is 6.03 Å². The van der Waals surface area contributed by atoms with Crippen molar-refractivity contribution in [2.24, 2.45) is 0 Å². The van der Waals surface area contributed by atoms with Gasteiger partial charge in [0.25, 0.3) is 0 Å². The summed E-state index contributed by atoms with van der Waals surface area (Å²) in [5.74, 6) is 1.98. The maximum absolute atomic E-state index is 11.9. The molecule has 0 unspecified atom stereocenters. The molecule has 0 aliphatic heterocycles. The summed E-state index contributed by atoms with van der Waals surface area (Å²) < 4.78 is 0. The van der Waals surface area contributed by atoms with Crippen LogP contribution in [0.4, 0.5) is 28.2 Å². The first kappa shape index (κ1) is 18.2. The lowest BCUT2D eigenvalue weighted by Gasteiger charge is -2.12. The van der Waals surface area contributed by atoms with E-state index in [0.29, 0.717) is 30.4 Å². The summed E-state index contributed by atoms with van der Waals surface area (Å²) in [6.45, 7) is 0.366. The predicted molar refractivity (Wildman–Crippen MR) is 97.9 cm³/mol. The van der Waals surface area contributed by atoms with E-state index in [1.807, 2.05) is 39.2 Å². The van der Waals surface area contributed by atoms with E-state index in [4.69, 9.17) is 5.73 Å². The Labute approximate surface area is 146 Å². The van der Waals surface area contributed by atoms with Crippen LogP contribution in [0.25, 0.3) is 0 Å². The fraction of sp³-hybridized carbons (Fsp3) is 0.400. The van der Waals surface area contributed by atoms with Gasteiger partial charge in [-0.25, -0.2) is 9.78 Å². The van der Waals surface area contributed by atoms with Gasteiger partial charge in [0.05, 0.1) is 11.9 Å². The number of urea groups is 1. The minimum Gasteiger partial charge on any atom is -0.368 e. The van der Waals surface area contributed by atoms with Crippen LogP contribution < -0.4 is 26.2 Å². The number of nitrogen functional groups attached to an aromatic ring is 1. The van der Waals surface area contributed by atoms with Gasteiger partial charge in [0, 0.05) is 41.2 Å². The van der Waals surface area contributed by atoms with E-state index in [1.54, 1.807) is 17.2 Å². The van der Waals surface area contributed by atoms with E-state index >= 15 is 0 Å². The molecule has 4 N–H and O–H groups in total. The van der Waals surface area contributed by atoms with Crippen LogP contribution in [0.3, 0.4) is 0 Å². The molecule has 10 heteroatoms. The molecule has 134 valence electrons. The predicted octanol–water partition coefficient (Wildman–Crippen LogP) is 0.345. The van der Waals surface area contributed by atoms with Crippen molar-refractivity contribution in [1.82, 2.24) is 25.3 Å². The third kappa shape index (κ3) is 5.44. The van der Waals surface area contributed by atoms with Gasteiger partial charge in [-0.05, 0) is 12.1 Å². The van der Waals surface area contributed by atoms with Gasteiger partial charge in [0.1, 0.15) is 11.6 Å². The maximum Gasteiger partial charge on any atom is 0.319 e. The zero-order valence-electron chi connectivity index (χ0n) is 14.8. The van der Waals surface area contributed by atoms with Gasteiger partial charge in [-0.2, -0.15) is 15.0 Å². The number of nitrogens with two attached hydrogens (primary N) is 1. The molecule has 2 rings (SSSR count). The number of carbonyl (C=O) groups is 1. The Hall–Kier alpha value is -3.17. The zero-order chi connectivity index (χ0) is 18.4. The fourth-order valence-electron chi connectivity index (χ4n) is 1.92. The highest BCUT2D eigenvalue weighted by molar-refractivity contribution is 5.89. The quantitative estimate of drug-likeness (QED) is 0.684. The van der Waals surface area contributed by atoms with E-state index in [-0.39, 0.29) is 12.0 Å². The minimum absolute atomic E-state index is 0.158. The number of anilines is 4. The van der Waals surface area contributed by atoms with Crippen molar-refractivity contribution in [1.29, 1.82) is 0 Å². The van der Waals surface area contributed by atoms with Gasteiger partial charge in [0.15, 0.2) is 0 Å². The van der Waals surface area contributed by atoms with Gasteiger partial charge in [-0.1, -0.05) is 0 Å². The Morgan fingerprint density at radius 2 is 1.88 bits per heavy atom. The number of aromatic nitrogens is 4. The Balaban J connectivity index is 1.84. The molecule has 0 aliphatic carbocycles. The first-order valence-corrected chi connectivity index (χ1v) is 7.71. The molecule has 2 heterocycles. The van der Waals surface area contributed by atoms with Crippen molar-refractivity contribution in [2.45, 2.75) is 6.42 Å². The second-order valence-electron chi connectivity index (χ2n) is 5.73. The van der Waals surface area contributed by atoms with Crippen molar-refractivity contribution >= 4 is 29.4 Å². The average Bonchev–Trinajstić information content (AvgIpc) is 2.54. The summed E-state index contributed by atoms with van der Waals surface area (Å²) in [6.07, 6.45) is 2.05. The maximum atomic E-state index is 11.9. The Kier molecular flexibility index (Phi) is 5.88. The number of nitrogens with one attached hydrogen (secondary N) is 2. The van der Waals surface area contributed by atoms with Gasteiger partial charge in [0.2, 0.25) is 11.9 Å². The van der Waals surface area contributed by atoms with Crippen molar-refractivity contribution in [3.05, 3.63) is 24.2 Å². The van der Waals surface area contributed by atoms with E-state index in [0.717, 1.165) is 5.82 Å². The molecule has 25 heavy (non-hydrogen) atoms. The minimum atomic E-state index is -0.325. The van der Waals surface area contributed by atoms with Crippen LogP contribution in [-0.4, -0.2) is 60.7 Å². The Morgan fingerprint density at radius 3 is 2.48 bits per heavy atom. The molecule has 0 fully saturated rings. The van der Waals surface area contributed by atoms with Crippen LogP contribution in [-0.2, 0) is 6.42 Å². The van der Waals surface area contributed by atoms with Gasteiger partial charge < -0.3 is 26.2 Å². The summed E-state index contributed by atoms with van der Waals surface area (Å²) in [6, 6.07) is 3.29. The summed E-state index contributed by atoms with van der Waals surface area (Å²) in [5, 5.41) is 5.46. The number of rotatable bonds is 6. The van der Waals surface area contributed by atoms with E-state index < -0.39 is 0 Å².